The maximum absolute atomic E-state index is 13.3. The maximum Gasteiger partial charge on any atom is 0.337 e. The minimum atomic E-state index is -2.81. The number of rotatable bonds is 5. The molecule has 0 radical (unpaired) electrons. The summed E-state index contributed by atoms with van der Waals surface area (Å²) >= 11 is 0. The van der Waals surface area contributed by atoms with Crippen LogP contribution in [-0.2, 0) is 9.53 Å². The molecule has 2 aliphatic rings. The Morgan fingerprint density at radius 2 is 2.07 bits per heavy atom. The van der Waals surface area contributed by atoms with Crippen LogP contribution in [0.4, 0.5) is 8.78 Å². The number of methoxy groups -OCH3 is 1. The Labute approximate surface area is 161 Å². The van der Waals surface area contributed by atoms with Crippen molar-refractivity contribution in [2.24, 2.45) is 5.92 Å². The van der Waals surface area contributed by atoms with Crippen LogP contribution in [0, 0.1) is 5.92 Å². The number of likely N-dealkylation sites (tertiary alicyclic amines) is 1. The summed E-state index contributed by atoms with van der Waals surface area (Å²) in [7, 11) is 1.27. The molecule has 9 heteroatoms. The molecule has 28 heavy (non-hydrogen) atoms. The van der Waals surface area contributed by atoms with Gasteiger partial charge in [0.25, 0.3) is 11.8 Å². The highest BCUT2D eigenvalue weighted by Gasteiger charge is 2.43. The Hall–Kier alpha value is -2.55. The summed E-state index contributed by atoms with van der Waals surface area (Å²) in [6.07, 6.45) is 0.180. The maximum atomic E-state index is 13.3. The molecule has 0 saturated carbocycles. The van der Waals surface area contributed by atoms with E-state index in [2.05, 4.69) is 15.4 Å². The number of nitrogens with zero attached hydrogens (tertiary/aromatic N) is 1. The second kappa shape index (κ2) is 8.22. The van der Waals surface area contributed by atoms with E-state index in [9.17, 15) is 23.2 Å². The number of alkyl halides is 2. The highest BCUT2D eigenvalue weighted by Crippen LogP contribution is 2.28. The van der Waals surface area contributed by atoms with E-state index in [1.807, 2.05) is 0 Å². The lowest BCUT2D eigenvalue weighted by Gasteiger charge is -2.20. The third-order valence-electron chi connectivity index (χ3n) is 5.10. The molecule has 2 unspecified atom stereocenters. The van der Waals surface area contributed by atoms with Crippen molar-refractivity contribution in [2.75, 3.05) is 33.3 Å². The lowest BCUT2D eigenvalue weighted by Crippen LogP contribution is -2.43. The van der Waals surface area contributed by atoms with Crippen LogP contribution >= 0.6 is 0 Å². The van der Waals surface area contributed by atoms with Gasteiger partial charge in [-0.25, -0.2) is 13.6 Å². The Kier molecular flexibility index (Phi) is 5.93. The minimum Gasteiger partial charge on any atom is -0.465 e. The van der Waals surface area contributed by atoms with Crippen LogP contribution in [0.15, 0.2) is 24.3 Å². The van der Waals surface area contributed by atoms with Crippen molar-refractivity contribution in [3.8, 4) is 0 Å². The van der Waals surface area contributed by atoms with Crippen molar-refractivity contribution in [1.29, 1.82) is 0 Å². The Balaban J connectivity index is 1.49. The highest BCUT2D eigenvalue weighted by atomic mass is 19.3. The van der Waals surface area contributed by atoms with Gasteiger partial charge in [-0.3, -0.25) is 9.59 Å². The number of hydrogen-bond donors (Lipinski definition) is 2. The molecule has 7 nitrogen and oxygen atoms in total. The number of ether oxygens (including phenoxy) is 1. The Morgan fingerprint density at radius 1 is 1.32 bits per heavy atom. The molecule has 3 rings (SSSR count). The average molecular weight is 395 g/mol. The smallest absolute Gasteiger partial charge is 0.337 e. The van der Waals surface area contributed by atoms with Gasteiger partial charge in [0.1, 0.15) is 0 Å². The zero-order valence-electron chi connectivity index (χ0n) is 15.5. The molecule has 2 amide bonds. The third kappa shape index (κ3) is 4.64. The summed E-state index contributed by atoms with van der Waals surface area (Å²) < 4.78 is 31.2. The first-order chi connectivity index (χ1) is 13.3. The summed E-state index contributed by atoms with van der Waals surface area (Å²) in [5, 5.41) is 5.85. The number of carbonyl (C=O) groups excluding carboxylic acids is 3. The van der Waals surface area contributed by atoms with Gasteiger partial charge in [-0.05, 0) is 30.5 Å². The topological polar surface area (TPSA) is 87.7 Å². The number of carbonyl (C=O) groups is 3. The lowest BCUT2D eigenvalue weighted by molar-refractivity contribution is -0.133. The van der Waals surface area contributed by atoms with Gasteiger partial charge in [-0.1, -0.05) is 6.07 Å². The van der Waals surface area contributed by atoms with Crippen LogP contribution in [0.2, 0.25) is 0 Å². The molecule has 2 heterocycles. The zero-order valence-corrected chi connectivity index (χ0v) is 15.5. The quantitative estimate of drug-likeness (QED) is 0.728. The third-order valence-corrected chi connectivity index (χ3v) is 5.10. The minimum absolute atomic E-state index is 0.0183. The number of benzene rings is 1. The first-order valence-corrected chi connectivity index (χ1v) is 9.15. The molecule has 2 saturated heterocycles. The van der Waals surface area contributed by atoms with Gasteiger partial charge >= 0.3 is 5.97 Å². The molecule has 152 valence electrons. The summed E-state index contributed by atoms with van der Waals surface area (Å²) in [6, 6.07) is 5.70. The molecule has 0 spiro atoms. The van der Waals surface area contributed by atoms with Gasteiger partial charge < -0.3 is 20.3 Å². The average Bonchev–Trinajstić information content (AvgIpc) is 3.31. The fourth-order valence-electron chi connectivity index (χ4n) is 3.54. The number of amides is 2. The van der Waals surface area contributed by atoms with Crippen molar-refractivity contribution in [3.63, 3.8) is 0 Å². The van der Waals surface area contributed by atoms with Gasteiger partial charge in [0.15, 0.2) is 0 Å². The second-order valence-corrected chi connectivity index (χ2v) is 7.21. The van der Waals surface area contributed by atoms with Crippen molar-refractivity contribution in [2.45, 2.75) is 24.8 Å². The standard InChI is InChI=1S/C19H23F2N3O4/c1-28-18(27)14-4-2-3-13(8-14)16(25)23-10-12-7-15(22-9-12)17(26)24-6-5-19(20,21)11-24/h2-4,8,12,15,22H,5-7,9-11H2,1H3,(H,23,25). The Bertz CT molecular complexity index is 771. The van der Waals surface area contributed by atoms with Crippen LogP contribution in [-0.4, -0.2) is 67.9 Å². The van der Waals surface area contributed by atoms with Crippen LogP contribution in [0.5, 0.6) is 0 Å². The summed E-state index contributed by atoms with van der Waals surface area (Å²) in [4.78, 5) is 37.5. The van der Waals surface area contributed by atoms with Crippen LogP contribution in [0.25, 0.3) is 0 Å². The largest absolute Gasteiger partial charge is 0.465 e. The molecule has 2 fully saturated rings. The Morgan fingerprint density at radius 3 is 2.75 bits per heavy atom. The van der Waals surface area contributed by atoms with E-state index < -0.39 is 24.5 Å². The zero-order chi connectivity index (χ0) is 20.3. The summed E-state index contributed by atoms with van der Waals surface area (Å²) in [5.74, 6) is -3.95. The van der Waals surface area contributed by atoms with Gasteiger partial charge in [-0.15, -0.1) is 0 Å². The monoisotopic (exact) mass is 395 g/mol. The van der Waals surface area contributed by atoms with Crippen molar-refractivity contribution in [3.05, 3.63) is 35.4 Å². The fourth-order valence-corrected chi connectivity index (χ4v) is 3.54. The highest BCUT2D eigenvalue weighted by molar-refractivity contribution is 5.97. The van der Waals surface area contributed by atoms with Crippen molar-refractivity contribution < 1.29 is 27.9 Å². The first-order valence-electron chi connectivity index (χ1n) is 9.15. The predicted molar refractivity (Wildman–Crippen MR) is 96.2 cm³/mol. The molecule has 0 aliphatic carbocycles. The van der Waals surface area contributed by atoms with E-state index in [0.717, 1.165) is 0 Å². The van der Waals surface area contributed by atoms with E-state index in [-0.39, 0.29) is 36.3 Å². The number of esters is 1. The molecular formula is C19H23F2N3O4. The molecular weight excluding hydrogens is 372 g/mol. The molecule has 0 aromatic heterocycles. The van der Waals surface area contributed by atoms with E-state index >= 15 is 0 Å². The molecule has 1 aromatic rings. The molecule has 2 atom stereocenters. The molecule has 0 bridgehead atoms. The number of halogens is 2. The predicted octanol–water partition coefficient (Wildman–Crippen LogP) is 1.05. The van der Waals surface area contributed by atoms with Gasteiger partial charge in [0.05, 0.1) is 25.3 Å². The van der Waals surface area contributed by atoms with Gasteiger partial charge in [0, 0.05) is 31.6 Å². The van der Waals surface area contributed by atoms with E-state index in [0.29, 0.717) is 25.1 Å². The van der Waals surface area contributed by atoms with Crippen LogP contribution < -0.4 is 10.6 Å². The van der Waals surface area contributed by atoms with E-state index in [1.165, 1.54) is 18.1 Å². The van der Waals surface area contributed by atoms with Gasteiger partial charge in [0.2, 0.25) is 5.91 Å². The number of hydrogen-bond acceptors (Lipinski definition) is 5. The first kappa shape index (κ1) is 20.2. The SMILES string of the molecule is COC(=O)c1cccc(C(=O)NCC2CNC(C(=O)N3CCC(F)(F)C3)C2)c1. The fraction of sp³-hybridized carbons (Fsp3) is 0.526. The van der Waals surface area contributed by atoms with E-state index in [4.69, 9.17) is 0 Å². The number of nitrogens with one attached hydrogen (secondary N) is 2. The summed E-state index contributed by atoms with van der Waals surface area (Å²) in [5.41, 5.74) is 0.617. The van der Waals surface area contributed by atoms with Crippen LogP contribution in [0.3, 0.4) is 0 Å². The normalized spacial score (nSPS) is 23.5. The van der Waals surface area contributed by atoms with Gasteiger partial charge in [-0.2, -0.15) is 0 Å². The lowest BCUT2D eigenvalue weighted by atomic mass is 10.0. The molecule has 2 aliphatic heterocycles. The molecule has 1 aromatic carbocycles. The van der Waals surface area contributed by atoms with Crippen molar-refractivity contribution in [1.82, 2.24) is 15.5 Å². The molecule has 2 N–H and O–H groups in total. The second-order valence-electron chi connectivity index (χ2n) is 7.21. The van der Waals surface area contributed by atoms with Crippen molar-refractivity contribution >= 4 is 17.8 Å². The summed E-state index contributed by atoms with van der Waals surface area (Å²) in [6.45, 7) is 0.404. The van der Waals surface area contributed by atoms with E-state index in [1.54, 1.807) is 18.2 Å². The van der Waals surface area contributed by atoms with Crippen LogP contribution in [0.1, 0.15) is 33.6 Å².